The number of rotatable bonds is 2. The van der Waals surface area contributed by atoms with Gasteiger partial charge in [-0.3, -0.25) is 0 Å². The molecule has 1 aromatic rings. The first-order chi connectivity index (χ1) is 8.06. The second kappa shape index (κ2) is 5.31. The van der Waals surface area contributed by atoms with Gasteiger partial charge in [0.25, 0.3) is 0 Å². The highest BCUT2D eigenvalue weighted by molar-refractivity contribution is 9.10. The van der Waals surface area contributed by atoms with Crippen molar-refractivity contribution in [2.75, 3.05) is 32.1 Å². The molecule has 0 atom stereocenters. The van der Waals surface area contributed by atoms with Gasteiger partial charge in [0.2, 0.25) is 0 Å². The van der Waals surface area contributed by atoms with E-state index in [0.717, 1.165) is 16.2 Å². The van der Waals surface area contributed by atoms with Gasteiger partial charge in [0.15, 0.2) is 0 Å². The number of piperidine rings is 1. The Morgan fingerprint density at radius 2 is 2.00 bits per heavy atom. The van der Waals surface area contributed by atoms with Gasteiger partial charge in [-0.05, 0) is 55.8 Å². The lowest BCUT2D eigenvalue weighted by atomic mass is 10.0. The number of halogens is 1. The normalized spacial score (nSPS) is 18.4. The average Bonchev–Trinajstić information content (AvgIpc) is 2.28. The second-order valence-electron chi connectivity index (χ2n) is 4.74. The monoisotopic (exact) mass is 298 g/mol. The average molecular weight is 299 g/mol. The first-order valence-corrected chi connectivity index (χ1v) is 6.78. The minimum Gasteiger partial charge on any atom is -0.356 e. The molecule has 0 spiro atoms. The van der Waals surface area contributed by atoms with Crippen molar-refractivity contribution in [2.45, 2.75) is 25.8 Å². The van der Waals surface area contributed by atoms with Crippen LogP contribution in [-0.4, -0.2) is 48.1 Å². The molecule has 0 radical (unpaired) electrons. The van der Waals surface area contributed by atoms with Crippen molar-refractivity contribution in [2.24, 2.45) is 0 Å². The van der Waals surface area contributed by atoms with Crippen LogP contribution in [0.2, 0.25) is 0 Å². The predicted molar refractivity (Wildman–Crippen MR) is 73.4 cm³/mol. The lowest BCUT2D eigenvalue weighted by Crippen LogP contribution is -2.42. The van der Waals surface area contributed by atoms with E-state index in [1.807, 2.05) is 13.0 Å². The minimum absolute atomic E-state index is 0.590. The molecule has 0 unspecified atom stereocenters. The number of aromatic nitrogens is 2. The van der Waals surface area contributed by atoms with E-state index >= 15 is 0 Å². The fourth-order valence-corrected chi connectivity index (χ4v) is 2.73. The van der Waals surface area contributed by atoms with Gasteiger partial charge >= 0.3 is 0 Å². The molecule has 17 heavy (non-hydrogen) atoms. The molecule has 0 aliphatic carbocycles. The Hall–Kier alpha value is -0.680. The van der Waals surface area contributed by atoms with Crippen LogP contribution in [-0.2, 0) is 0 Å². The van der Waals surface area contributed by atoms with Crippen LogP contribution < -0.4 is 4.90 Å². The summed E-state index contributed by atoms with van der Waals surface area (Å²) in [5.41, 5.74) is 0. The number of nitrogens with zero attached hydrogens (tertiary/aromatic N) is 4. The van der Waals surface area contributed by atoms with Gasteiger partial charge in [-0.25, -0.2) is 9.97 Å². The van der Waals surface area contributed by atoms with Crippen LogP contribution in [0.3, 0.4) is 0 Å². The maximum absolute atomic E-state index is 4.50. The predicted octanol–water partition coefficient (Wildman–Crippen LogP) is 2.08. The zero-order valence-corrected chi connectivity index (χ0v) is 12.2. The Balaban J connectivity index is 2.10. The second-order valence-corrected chi connectivity index (χ2v) is 5.55. The van der Waals surface area contributed by atoms with Crippen molar-refractivity contribution in [1.29, 1.82) is 0 Å². The Kier molecular flexibility index (Phi) is 3.99. The number of likely N-dealkylation sites (tertiary alicyclic amines) is 1. The minimum atomic E-state index is 0.590. The van der Waals surface area contributed by atoms with Crippen molar-refractivity contribution in [3.8, 4) is 0 Å². The van der Waals surface area contributed by atoms with Crippen molar-refractivity contribution in [3.05, 3.63) is 16.5 Å². The topological polar surface area (TPSA) is 32.3 Å². The first kappa shape index (κ1) is 12.8. The third kappa shape index (κ3) is 3.16. The maximum Gasteiger partial charge on any atom is 0.133 e. The Morgan fingerprint density at radius 3 is 2.59 bits per heavy atom. The molecular formula is C12H19BrN4. The van der Waals surface area contributed by atoms with Crippen LogP contribution in [0.5, 0.6) is 0 Å². The van der Waals surface area contributed by atoms with Crippen molar-refractivity contribution in [3.63, 3.8) is 0 Å². The zero-order valence-electron chi connectivity index (χ0n) is 10.6. The summed E-state index contributed by atoms with van der Waals surface area (Å²) in [6.07, 6.45) is 2.40. The number of hydrogen-bond acceptors (Lipinski definition) is 4. The molecule has 2 heterocycles. The Bertz CT molecular complexity index is 368. The largest absolute Gasteiger partial charge is 0.356 e. The van der Waals surface area contributed by atoms with Gasteiger partial charge in [-0.1, -0.05) is 0 Å². The smallest absolute Gasteiger partial charge is 0.133 e. The molecule has 2 rings (SSSR count). The highest BCUT2D eigenvalue weighted by Gasteiger charge is 2.21. The van der Waals surface area contributed by atoms with Crippen molar-refractivity contribution >= 4 is 21.7 Å². The molecule has 1 aliphatic heterocycles. The van der Waals surface area contributed by atoms with E-state index in [1.54, 1.807) is 0 Å². The third-order valence-corrected chi connectivity index (χ3v) is 3.80. The quantitative estimate of drug-likeness (QED) is 0.783. The summed E-state index contributed by atoms with van der Waals surface area (Å²) in [5.74, 6) is 1.83. The summed E-state index contributed by atoms with van der Waals surface area (Å²) in [6, 6.07) is 2.58. The summed E-state index contributed by atoms with van der Waals surface area (Å²) in [7, 11) is 4.31. The summed E-state index contributed by atoms with van der Waals surface area (Å²) in [6.45, 7) is 4.26. The summed E-state index contributed by atoms with van der Waals surface area (Å²) < 4.78 is 0.861. The van der Waals surface area contributed by atoms with Crippen molar-refractivity contribution in [1.82, 2.24) is 14.9 Å². The van der Waals surface area contributed by atoms with Gasteiger partial charge in [0.05, 0.1) is 0 Å². The van der Waals surface area contributed by atoms with Gasteiger partial charge < -0.3 is 9.80 Å². The highest BCUT2D eigenvalue weighted by atomic mass is 79.9. The van der Waals surface area contributed by atoms with Crippen LogP contribution in [0.15, 0.2) is 10.7 Å². The number of aryl methyl sites for hydroxylation is 1. The number of anilines is 1. The fourth-order valence-electron chi connectivity index (χ4n) is 2.27. The van der Waals surface area contributed by atoms with Crippen LogP contribution >= 0.6 is 15.9 Å². The molecule has 1 aromatic heterocycles. The van der Waals surface area contributed by atoms with Crippen LogP contribution in [0, 0.1) is 6.92 Å². The molecule has 0 amide bonds. The molecule has 0 bridgehead atoms. The molecule has 5 heteroatoms. The van der Waals surface area contributed by atoms with Gasteiger partial charge in [0.1, 0.15) is 16.2 Å². The lowest BCUT2D eigenvalue weighted by molar-refractivity contribution is 0.252. The highest BCUT2D eigenvalue weighted by Crippen LogP contribution is 2.22. The third-order valence-electron chi connectivity index (χ3n) is 3.39. The molecular weight excluding hydrogens is 280 g/mol. The van der Waals surface area contributed by atoms with E-state index in [2.05, 4.69) is 49.8 Å². The van der Waals surface area contributed by atoms with Gasteiger partial charge in [-0.15, -0.1) is 0 Å². The van der Waals surface area contributed by atoms with E-state index in [4.69, 9.17) is 0 Å². The van der Waals surface area contributed by atoms with Crippen LogP contribution in [0.4, 0.5) is 5.82 Å². The lowest BCUT2D eigenvalue weighted by Gasteiger charge is -2.35. The SMILES string of the molecule is Cc1nc(Br)cc(N(C)C2CCN(C)CC2)n1. The standard InChI is InChI=1S/C12H19BrN4/c1-9-14-11(13)8-12(15-9)17(3)10-4-6-16(2)7-5-10/h8,10H,4-7H2,1-3H3. The molecule has 94 valence electrons. The summed E-state index contributed by atoms with van der Waals surface area (Å²) in [5, 5.41) is 0. The van der Waals surface area contributed by atoms with Gasteiger partial charge in [-0.2, -0.15) is 0 Å². The molecule has 1 aliphatic rings. The van der Waals surface area contributed by atoms with E-state index in [0.29, 0.717) is 6.04 Å². The molecule has 0 aromatic carbocycles. The van der Waals surface area contributed by atoms with E-state index < -0.39 is 0 Å². The molecule has 1 fully saturated rings. The maximum atomic E-state index is 4.50. The van der Waals surface area contributed by atoms with E-state index in [9.17, 15) is 0 Å². The Morgan fingerprint density at radius 1 is 1.35 bits per heavy atom. The fraction of sp³-hybridized carbons (Fsp3) is 0.667. The van der Waals surface area contributed by atoms with E-state index in [1.165, 1.54) is 25.9 Å². The Labute approximate surface area is 111 Å². The van der Waals surface area contributed by atoms with Crippen LogP contribution in [0.25, 0.3) is 0 Å². The molecule has 1 saturated heterocycles. The summed E-state index contributed by atoms with van der Waals surface area (Å²) >= 11 is 3.43. The first-order valence-electron chi connectivity index (χ1n) is 5.99. The van der Waals surface area contributed by atoms with E-state index in [-0.39, 0.29) is 0 Å². The molecule has 0 N–H and O–H groups in total. The van der Waals surface area contributed by atoms with Crippen LogP contribution in [0.1, 0.15) is 18.7 Å². The molecule has 0 saturated carbocycles. The summed E-state index contributed by atoms with van der Waals surface area (Å²) in [4.78, 5) is 13.4. The van der Waals surface area contributed by atoms with Gasteiger partial charge in [0, 0.05) is 19.2 Å². The van der Waals surface area contributed by atoms with Crippen molar-refractivity contribution < 1.29 is 0 Å². The molecule has 4 nitrogen and oxygen atoms in total. The zero-order chi connectivity index (χ0) is 12.4. The number of hydrogen-bond donors (Lipinski definition) is 0.